The van der Waals surface area contributed by atoms with Crippen LogP contribution in [0.4, 0.5) is 0 Å². The first-order valence-electron chi connectivity index (χ1n) is 5.10. The van der Waals surface area contributed by atoms with Crippen molar-refractivity contribution in [3.63, 3.8) is 0 Å². The van der Waals surface area contributed by atoms with Gasteiger partial charge in [0, 0.05) is 23.9 Å². The molecule has 0 bridgehead atoms. The van der Waals surface area contributed by atoms with E-state index in [0.717, 1.165) is 12.0 Å². The van der Waals surface area contributed by atoms with Crippen LogP contribution in [0.5, 0.6) is 0 Å². The summed E-state index contributed by atoms with van der Waals surface area (Å²) in [6, 6.07) is 7.51. The van der Waals surface area contributed by atoms with E-state index in [1.807, 2.05) is 25.1 Å². The van der Waals surface area contributed by atoms with Crippen LogP contribution >= 0.6 is 11.6 Å². The summed E-state index contributed by atoms with van der Waals surface area (Å²) in [6.45, 7) is 1.91. The van der Waals surface area contributed by atoms with Crippen LogP contribution in [0.3, 0.4) is 0 Å². The largest absolute Gasteiger partial charge is 0.328 e. The summed E-state index contributed by atoms with van der Waals surface area (Å²) in [6.07, 6.45) is 1.68. The molecule has 1 atom stereocenters. The maximum absolute atomic E-state index is 11.6. The van der Waals surface area contributed by atoms with E-state index in [2.05, 4.69) is 0 Å². The van der Waals surface area contributed by atoms with Crippen molar-refractivity contribution in [3.05, 3.63) is 34.9 Å². The summed E-state index contributed by atoms with van der Waals surface area (Å²) in [4.78, 5) is 11.6. The van der Waals surface area contributed by atoms with Crippen molar-refractivity contribution in [2.75, 3.05) is 0 Å². The van der Waals surface area contributed by atoms with Crippen LogP contribution in [0.2, 0.25) is 5.02 Å². The first-order chi connectivity index (χ1) is 7.09. The lowest BCUT2D eigenvalue weighted by Gasteiger charge is -2.05. The Morgan fingerprint density at radius 3 is 2.73 bits per heavy atom. The highest BCUT2D eigenvalue weighted by Gasteiger charge is 2.07. The summed E-state index contributed by atoms with van der Waals surface area (Å²) < 4.78 is 0. The van der Waals surface area contributed by atoms with Crippen molar-refractivity contribution in [2.24, 2.45) is 5.73 Å². The molecule has 1 aromatic rings. The Hall–Kier alpha value is -0.860. The van der Waals surface area contributed by atoms with Crippen molar-refractivity contribution < 1.29 is 4.79 Å². The molecule has 0 spiro atoms. The molecule has 3 heteroatoms. The van der Waals surface area contributed by atoms with E-state index in [1.165, 1.54) is 0 Å². The Balaban J connectivity index is 2.48. The standard InChI is InChI=1S/C12H16ClNO/c1-9(14)6-7-11(15)8-10-4-2-3-5-12(10)13/h2-5,9H,6-8,14H2,1H3. The number of Topliss-reactive ketones (excluding diaryl/α,β-unsaturated/α-hetero) is 1. The first-order valence-corrected chi connectivity index (χ1v) is 5.48. The number of ketones is 1. The van der Waals surface area contributed by atoms with Gasteiger partial charge in [0.05, 0.1) is 0 Å². The summed E-state index contributed by atoms with van der Waals surface area (Å²) in [5.74, 6) is 0.195. The first kappa shape index (κ1) is 12.2. The molecule has 0 aliphatic heterocycles. The molecular formula is C12H16ClNO. The second-order valence-electron chi connectivity index (χ2n) is 3.82. The third-order valence-electron chi connectivity index (χ3n) is 2.22. The number of benzene rings is 1. The van der Waals surface area contributed by atoms with Crippen molar-refractivity contribution in [2.45, 2.75) is 32.2 Å². The molecule has 0 radical (unpaired) electrons. The van der Waals surface area contributed by atoms with Crippen LogP contribution in [0, 0.1) is 0 Å². The minimum Gasteiger partial charge on any atom is -0.328 e. The monoisotopic (exact) mass is 225 g/mol. The number of carbonyl (C=O) groups excluding carboxylic acids is 1. The number of nitrogens with two attached hydrogens (primary N) is 1. The van der Waals surface area contributed by atoms with E-state index in [-0.39, 0.29) is 11.8 Å². The molecular weight excluding hydrogens is 210 g/mol. The molecule has 0 amide bonds. The van der Waals surface area contributed by atoms with Crippen molar-refractivity contribution >= 4 is 17.4 Å². The van der Waals surface area contributed by atoms with Crippen LogP contribution in [0.25, 0.3) is 0 Å². The third kappa shape index (κ3) is 4.45. The molecule has 0 heterocycles. The van der Waals surface area contributed by atoms with Gasteiger partial charge in [0.1, 0.15) is 5.78 Å². The van der Waals surface area contributed by atoms with Gasteiger partial charge in [0.2, 0.25) is 0 Å². The lowest BCUT2D eigenvalue weighted by molar-refractivity contribution is -0.118. The molecule has 82 valence electrons. The fraction of sp³-hybridized carbons (Fsp3) is 0.417. The van der Waals surface area contributed by atoms with E-state index in [4.69, 9.17) is 17.3 Å². The van der Waals surface area contributed by atoms with E-state index >= 15 is 0 Å². The molecule has 15 heavy (non-hydrogen) atoms. The van der Waals surface area contributed by atoms with Crippen LogP contribution < -0.4 is 5.73 Å². The average Bonchev–Trinajstić information content (AvgIpc) is 2.18. The minimum atomic E-state index is 0.0835. The second-order valence-corrected chi connectivity index (χ2v) is 4.23. The number of hydrogen-bond acceptors (Lipinski definition) is 2. The van der Waals surface area contributed by atoms with Crippen molar-refractivity contribution in [3.8, 4) is 0 Å². The zero-order valence-electron chi connectivity index (χ0n) is 8.87. The Bertz CT molecular complexity index is 336. The van der Waals surface area contributed by atoms with Gasteiger partial charge in [-0.05, 0) is 25.0 Å². The quantitative estimate of drug-likeness (QED) is 0.837. The van der Waals surface area contributed by atoms with E-state index < -0.39 is 0 Å². The average molecular weight is 226 g/mol. The lowest BCUT2D eigenvalue weighted by atomic mass is 10.0. The number of rotatable bonds is 5. The highest BCUT2D eigenvalue weighted by Crippen LogP contribution is 2.16. The van der Waals surface area contributed by atoms with Gasteiger partial charge in [-0.2, -0.15) is 0 Å². The van der Waals surface area contributed by atoms with Crippen molar-refractivity contribution in [1.29, 1.82) is 0 Å². The van der Waals surface area contributed by atoms with Gasteiger partial charge in [-0.3, -0.25) is 4.79 Å². The second kappa shape index (κ2) is 5.89. The van der Waals surface area contributed by atoms with E-state index in [9.17, 15) is 4.79 Å². The predicted molar refractivity (Wildman–Crippen MR) is 63.0 cm³/mol. The van der Waals surface area contributed by atoms with Gasteiger partial charge in [0.25, 0.3) is 0 Å². The SMILES string of the molecule is CC(N)CCC(=O)Cc1ccccc1Cl. The molecule has 0 saturated heterocycles. The number of carbonyl (C=O) groups is 1. The fourth-order valence-corrected chi connectivity index (χ4v) is 1.53. The minimum absolute atomic E-state index is 0.0835. The van der Waals surface area contributed by atoms with Crippen LogP contribution in [0.15, 0.2) is 24.3 Å². The highest BCUT2D eigenvalue weighted by molar-refractivity contribution is 6.31. The zero-order chi connectivity index (χ0) is 11.3. The number of halogens is 1. The molecule has 0 aliphatic carbocycles. The zero-order valence-corrected chi connectivity index (χ0v) is 9.63. The van der Waals surface area contributed by atoms with Crippen molar-refractivity contribution in [1.82, 2.24) is 0 Å². The Morgan fingerprint density at radius 1 is 1.47 bits per heavy atom. The summed E-state index contributed by atoms with van der Waals surface area (Å²) in [7, 11) is 0. The summed E-state index contributed by atoms with van der Waals surface area (Å²) >= 11 is 5.95. The topological polar surface area (TPSA) is 43.1 Å². The summed E-state index contributed by atoms with van der Waals surface area (Å²) in [5.41, 5.74) is 6.48. The molecule has 1 rings (SSSR count). The summed E-state index contributed by atoms with van der Waals surface area (Å²) in [5, 5.41) is 0.659. The third-order valence-corrected chi connectivity index (χ3v) is 2.59. The smallest absolute Gasteiger partial charge is 0.137 e. The van der Waals surface area contributed by atoms with Gasteiger partial charge < -0.3 is 5.73 Å². The Labute approximate surface area is 95.4 Å². The highest BCUT2D eigenvalue weighted by atomic mass is 35.5. The number of hydrogen-bond donors (Lipinski definition) is 1. The van der Waals surface area contributed by atoms with Gasteiger partial charge in [-0.25, -0.2) is 0 Å². The maximum atomic E-state index is 11.6. The predicted octanol–water partition coefficient (Wildman–Crippen LogP) is 2.58. The van der Waals surface area contributed by atoms with Gasteiger partial charge in [0.15, 0.2) is 0 Å². The van der Waals surface area contributed by atoms with Gasteiger partial charge in [-0.15, -0.1) is 0 Å². The Kier molecular flexibility index (Phi) is 4.79. The van der Waals surface area contributed by atoms with Crippen LogP contribution in [-0.2, 0) is 11.2 Å². The van der Waals surface area contributed by atoms with Gasteiger partial charge >= 0.3 is 0 Å². The maximum Gasteiger partial charge on any atom is 0.137 e. The van der Waals surface area contributed by atoms with Gasteiger partial charge in [-0.1, -0.05) is 29.8 Å². The Morgan fingerprint density at radius 2 is 2.13 bits per heavy atom. The van der Waals surface area contributed by atoms with Crippen LogP contribution in [-0.4, -0.2) is 11.8 Å². The molecule has 0 aliphatic rings. The van der Waals surface area contributed by atoms with Crippen LogP contribution in [0.1, 0.15) is 25.3 Å². The fourth-order valence-electron chi connectivity index (χ4n) is 1.33. The normalized spacial score (nSPS) is 12.5. The van der Waals surface area contributed by atoms with E-state index in [0.29, 0.717) is 17.9 Å². The molecule has 1 aromatic carbocycles. The molecule has 0 saturated carbocycles. The lowest BCUT2D eigenvalue weighted by Crippen LogP contribution is -2.17. The molecule has 0 fully saturated rings. The molecule has 0 aromatic heterocycles. The van der Waals surface area contributed by atoms with E-state index in [1.54, 1.807) is 6.07 Å². The molecule has 2 nitrogen and oxygen atoms in total. The molecule has 1 unspecified atom stereocenters. The molecule has 2 N–H and O–H groups in total.